The number of carbonyl (C=O) groups excluding carboxylic acids is 3. The van der Waals surface area contributed by atoms with Crippen molar-refractivity contribution in [3.63, 3.8) is 0 Å². The quantitative estimate of drug-likeness (QED) is 0.437. The van der Waals surface area contributed by atoms with E-state index >= 15 is 0 Å². The summed E-state index contributed by atoms with van der Waals surface area (Å²) >= 11 is 0. The predicted octanol–water partition coefficient (Wildman–Crippen LogP) is 1.66. The number of benzene rings is 1. The highest BCUT2D eigenvalue weighted by molar-refractivity contribution is 5.93. The lowest BCUT2D eigenvalue weighted by molar-refractivity contribution is -0.150. The van der Waals surface area contributed by atoms with Crippen LogP contribution in [0.1, 0.15) is 50.6 Å². The van der Waals surface area contributed by atoms with Crippen molar-refractivity contribution in [1.29, 1.82) is 0 Å². The number of para-hydroxylation sites is 1. The second-order valence-electron chi connectivity index (χ2n) is 11.0. The first-order chi connectivity index (χ1) is 18.5. The van der Waals surface area contributed by atoms with Crippen molar-refractivity contribution in [2.24, 2.45) is 5.92 Å². The molecule has 0 spiro atoms. The van der Waals surface area contributed by atoms with Gasteiger partial charge in [-0.25, -0.2) is 0 Å². The lowest BCUT2D eigenvalue weighted by Crippen LogP contribution is -2.66. The van der Waals surface area contributed by atoms with Gasteiger partial charge in [-0.15, -0.1) is 24.8 Å². The molecule has 1 unspecified atom stereocenters. The number of halogens is 2. The highest BCUT2D eigenvalue weighted by Gasteiger charge is 2.45. The fourth-order valence-corrected chi connectivity index (χ4v) is 6.26. The van der Waals surface area contributed by atoms with Gasteiger partial charge in [0.25, 0.3) is 0 Å². The van der Waals surface area contributed by atoms with E-state index in [2.05, 4.69) is 20.9 Å². The molecule has 0 radical (unpaired) electrons. The summed E-state index contributed by atoms with van der Waals surface area (Å²) in [6.45, 7) is 5.39. The molecule has 3 saturated heterocycles. The highest BCUT2D eigenvalue weighted by Crippen LogP contribution is 2.33. The van der Waals surface area contributed by atoms with Crippen LogP contribution in [0, 0.1) is 5.92 Å². The molecule has 4 aliphatic rings. The minimum absolute atomic E-state index is 0. The van der Waals surface area contributed by atoms with Gasteiger partial charge >= 0.3 is 0 Å². The Bertz CT molecular complexity index is 1030. The highest BCUT2D eigenvalue weighted by atomic mass is 35.5. The molecular weight excluding hydrogens is 557 g/mol. The van der Waals surface area contributed by atoms with Crippen molar-refractivity contribution in [2.45, 2.75) is 69.2 Å². The molecule has 0 aliphatic carbocycles. The fraction of sp³-hybridized carbons (Fsp3) is 0.679. The van der Waals surface area contributed by atoms with Crippen LogP contribution in [-0.2, 0) is 19.1 Å². The van der Waals surface area contributed by atoms with Gasteiger partial charge in [-0.2, -0.15) is 0 Å². The summed E-state index contributed by atoms with van der Waals surface area (Å²) in [7, 11) is 1.73. The van der Waals surface area contributed by atoms with E-state index in [4.69, 9.17) is 9.47 Å². The van der Waals surface area contributed by atoms with Crippen LogP contribution in [0.4, 0.5) is 0 Å². The van der Waals surface area contributed by atoms with Crippen molar-refractivity contribution < 1.29 is 23.9 Å². The number of nitrogens with zero attached hydrogens (tertiary/aromatic N) is 2. The van der Waals surface area contributed by atoms with Gasteiger partial charge in [-0.3, -0.25) is 19.3 Å². The number of amides is 3. The molecule has 4 heterocycles. The van der Waals surface area contributed by atoms with Gasteiger partial charge in [0.2, 0.25) is 17.7 Å². The first-order valence-electron chi connectivity index (χ1n) is 14.1. The zero-order valence-corrected chi connectivity index (χ0v) is 24.9. The Hall–Kier alpha value is -2.11. The first-order valence-corrected chi connectivity index (χ1v) is 14.1. The normalized spacial score (nSPS) is 26.1. The largest absolute Gasteiger partial charge is 0.493 e. The number of ether oxygens (including phenoxy) is 2. The number of hydrogen-bond acceptors (Lipinski definition) is 7. The number of rotatable bonds is 7. The summed E-state index contributed by atoms with van der Waals surface area (Å²) in [4.78, 5) is 45.2. The van der Waals surface area contributed by atoms with Crippen LogP contribution in [0.15, 0.2) is 24.3 Å². The van der Waals surface area contributed by atoms with E-state index < -0.39 is 18.1 Å². The second-order valence-corrected chi connectivity index (χ2v) is 11.0. The molecule has 0 saturated carbocycles. The van der Waals surface area contributed by atoms with Crippen LogP contribution < -0.4 is 20.7 Å². The summed E-state index contributed by atoms with van der Waals surface area (Å²) in [5.74, 6) is 0.244. The van der Waals surface area contributed by atoms with Crippen LogP contribution in [0.25, 0.3) is 0 Å². The smallest absolute Gasteiger partial charge is 0.246 e. The van der Waals surface area contributed by atoms with Crippen LogP contribution >= 0.6 is 24.8 Å². The molecule has 40 heavy (non-hydrogen) atoms. The maximum Gasteiger partial charge on any atom is 0.246 e. The molecule has 12 heteroatoms. The third-order valence-corrected chi connectivity index (χ3v) is 8.68. The molecule has 1 aromatic carbocycles. The molecule has 224 valence electrons. The third-order valence-electron chi connectivity index (χ3n) is 8.68. The Morgan fingerprint density at radius 3 is 2.50 bits per heavy atom. The lowest BCUT2D eigenvalue weighted by Gasteiger charge is -2.45. The number of nitrogens with one attached hydrogen (secondary N) is 3. The Kier molecular flexibility index (Phi) is 11.9. The van der Waals surface area contributed by atoms with Crippen molar-refractivity contribution in [1.82, 2.24) is 25.8 Å². The maximum atomic E-state index is 14.3. The topological polar surface area (TPSA) is 112 Å². The van der Waals surface area contributed by atoms with E-state index in [0.29, 0.717) is 52.2 Å². The number of piperazine rings is 1. The van der Waals surface area contributed by atoms with Crippen LogP contribution in [-0.4, -0.2) is 98.2 Å². The maximum absolute atomic E-state index is 14.3. The van der Waals surface area contributed by atoms with Crippen LogP contribution in [0.3, 0.4) is 0 Å². The van der Waals surface area contributed by atoms with Crippen molar-refractivity contribution >= 4 is 42.5 Å². The minimum Gasteiger partial charge on any atom is -0.493 e. The molecule has 3 amide bonds. The Morgan fingerprint density at radius 1 is 1.00 bits per heavy atom. The summed E-state index contributed by atoms with van der Waals surface area (Å²) in [5.41, 5.74) is 0.966. The molecule has 5 atom stereocenters. The van der Waals surface area contributed by atoms with Crippen molar-refractivity contribution in [3.8, 4) is 5.75 Å². The van der Waals surface area contributed by atoms with E-state index in [1.807, 2.05) is 24.3 Å². The van der Waals surface area contributed by atoms with E-state index in [0.717, 1.165) is 30.7 Å². The van der Waals surface area contributed by atoms with Gasteiger partial charge in [-0.05, 0) is 58.2 Å². The minimum atomic E-state index is -0.686. The van der Waals surface area contributed by atoms with Gasteiger partial charge < -0.3 is 30.3 Å². The molecule has 4 aliphatic heterocycles. The average molecular weight is 601 g/mol. The lowest BCUT2D eigenvalue weighted by atomic mass is 9.89. The number of likely N-dealkylation sites (N-methyl/N-ethyl adjacent to an activating group) is 1. The van der Waals surface area contributed by atoms with Crippen LogP contribution in [0.2, 0.25) is 0 Å². The van der Waals surface area contributed by atoms with Gasteiger partial charge in [0.1, 0.15) is 17.8 Å². The van der Waals surface area contributed by atoms with Gasteiger partial charge in [0, 0.05) is 44.3 Å². The van der Waals surface area contributed by atoms with Gasteiger partial charge in [0.15, 0.2) is 0 Å². The predicted molar refractivity (Wildman–Crippen MR) is 156 cm³/mol. The monoisotopic (exact) mass is 599 g/mol. The van der Waals surface area contributed by atoms with Gasteiger partial charge in [0.05, 0.1) is 18.7 Å². The third kappa shape index (κ3) is 7.02. The fourth-order valence-electron chi connectivity index (χ4n) is 6.26. The van der Waals surface area contributed by atoms with E-state index in [-0.39, 0.29) is 60.5 Å². The van der Waals surface area contributed by atoms with Crippen molar-refractivity contribution in [2.75, 3.05) is 46.5 Å². The van der Waals surface area contributed by atoms with E-state index in [1.165, 1.54) is 0 Å². The summed E-state index contributed by atoms with van der Waals surface area (Å²) in [6.07, 6.45) is 4.15. The Balaban J connectivity index is 0.00000220. The SMILES string of the molecule is CN[C@@H](C)C(=O)N[C@H](C(=O)N1C[C@H]2CCCN2CC1C(=O)N[C@@H]1CCOc2ccccc21)C1CCOCC1.Cl.Cl. The number of hydrogen-bond donors (Lipinski definition) is 3. The molecule has 3 N–H and O–H groups in total. The Morgan fingerprint density at radius 2 is 1.75 bits per heavy atom. The summed E-state index contributed by atoms with van der Waals surface area (Å²) in [6, 6.07) is 6.14. The zero-order valence-electron chi connectivity index (χ0n) is 23.3. The van der Waals surface area contributed by atoms with Crippen LogP contribution in [0.5, 0.6) is 5.75 Å². The molecule has 1 aromatic rings. The number of carbonyl (C=O) groups is 3. The first kappa shape index (κ1) is 32.4. The summed E-state index contributed by atoms with van der Waals surface area (Å²) < 4.78 is 11.3. The van der Waals surface area contributed by atoms with E-state index in [9.17, 15) is 14.4 Å². The van der Waals surface area contributed by atoms with E-state index in [1.54, 1.807) is 18.9 Å². The molecule has 10 nitrogen and oxygen atoms in total. The van der Waals surface area contributed by atoms with Gasteiger partial charge in [-0.1, -0.05) is 18.2 Å². The Labute approximate surface area is 249 Å². The second kappa shape index (κ2) is 14.7. The standard InChI is InChI=1S/C28H41N5O5.2ClH/c1-18(29-2)26(34)31-25(19-9-13-37-14-10-19)28(36)33-16-20-6-5-12-32(20)17-23(33)27(35)30-22-11-15-38-24-8-4-3-7-21(22)24;;/h3-4,7-8,18-20,22-23,25,29H,5-6,9-17H2,1-2H3,(H,30,35)(H,31,34);2*1H/t18-,20+,22+,23?,25-;;/m0../s1. The molecule has 3 fully saturated rings. The molecular formula is C28H43Cl2N5O5. The zero-order chi connectivity index (χ0) is 26.6. The van der Waals surface area contributed by atoms with Crippen molar-refractivity contribution in [3.05, 3.63) is 29.8 Å². The average Bonchev–Trinajstić information content (AvgIpc) is 3.42. The number of fused-ring (bicyclic) bond motifs is 2. The molecule has 5 rings (SSSR count). The molecule has 0 bridgehead atoms. The molecule has 0 aromatic heterocycles. The summed E-state index contributed by atoms with van der Waals surface area (Å²) in [5, 5.41) is 9.24.